The zero-order valence-electron chi connectivity index (χ0n) is 11.3. The van der Waals surface area contributed by atoms with E-state index in [1.807, 2.05) is 30.5 Å². The molecular weight excluding hydrogens is 292 g/mol. The summed E-state index contributed by atoms with van der Waals surface area (Å²) in [7, 11) is 0. The van der Waals surface area contributed by atoms with Crippen molar-refractivity contribution < 1.29 is 9.53 Å². The van der Waals surface area contributed by atoms with Crippen LogP contribution in [0.15, 0.2) is 29.2 Å². The first-order valence-corrected chi connectivity index (χ1v) is 8.05. The molecule has 1 aromatic carbocycles. The number of thioether (sulfide) groups is 1. The van der Waals surface area contributed by atoms with Crippen molar-refractivity contribution >= 4 is 40.6 Å². The molecule has 1 amide bonds. The molecule has 1 aliphatic heterocycles. The smallest absolute Gasteiger partial charge is 0.237 e. The van der Waals surface area contributed by atoms with Crippen molar-refractivity contribution in [1.29, 1.82) is 0 Å². The van der Waals surface area contributed by atoms with Gasteiger partial charge >= 0.3 is 0 Å². The lowest BCUT2D eigenvalue weighted by atomic mass is 9.79. The molecule has 0 unspecified atom stereocenters. The van der Waals surface area contributed by atoms with E-state index >= 15 is 0 Å². The summed E-state index contributed by atoms with van der Waals surface area (Å²) in [5.41, 5.74) is 5.84. The molecule has 4 nitrogen and oxygen atoms in total. The van der Waals surface area contributed by atoms with E-state index < -0.39 is 5.41 Å². The minimum atomic E-state index is -0.793. The number of hydrogen-bond acceptors (Lipinski definition) is 4. The van der Waals surface area contributed by atoms with Gasteiger partial charge in [-0.05, 0) is 31.2 Å². The minimum Gasteiger partial charge on any atom is -0.392 e. The Morgan fingerprint density at radius 3 is 2.65 bits per heavy atom. The molecule has 2 rings (SSSR count). The largest absolute Gasteiger partial charge is 0.392 e. The molecular formula is C14H18N2O2S2. The highest BCUT2D eigenvalue weighted by molar-refractivity contribution is 7.98. The maximum Gasteiger partial charge on any atom is 0.237 e. The van der Waals surface area contributed by atoms with Crippen LogP contribution in [0.3, 0.4) is 0 Å². The summed E-state index contributed by atoms with van der Waals surface area (Å²) in [5.74, 6) is -0.130. The maximum absolute atomic E-state index is 12.7. The third-order valence-electron chi connectivity index (χ3n) is 3.61. The second kappa shape index (κ2) is 6.56. The van der Waals surface area contributed by atoms with E-state index in [1.165, 1.54) is 0 Å². The number of benzene rings is 1. The number of carbonyl (C=O) groups is 1. The molecule has 0 atom stereocenters. The van der Waals surface area contributed by atoms with Crippen LogP contribution in [0.4, 0.5) is 5.69 Å². The second-order valence-corrected chi connectivity index (χ2v) is 6.00. The highest BCUT2D eigenvalue weighted by Crippen LogP contribution is 2.34. The van der Waals surface area contributed by atoms with Crippen LogP contribution in [0.1, 0.15) is 12.8 Å². The summed E-state index contributed by atoms with van der Waals surface area (Å²) in [6, 6.07) is 7.69. The first-order valence-electron chi connectivity index (χ1n) is 6.42. The zero-order chi connectivity index (χ0) is 14.6. The molecule has 1 saturated heterocycles. The van der Waals surface area contributed by atoms with Crippen LogP contribution in [-0.4, -0.2) is 30.4 Å². The lowest BCUT2D eigenvalue weighted by Crippen LogP contribution is -2.49. The van der Waals surface area contributed by atoms with Gasteiger partial charge in [-0.3, -0.25) is 4.79 Å². The molecule has 0 spiro atoms. The first-order chi connectivity index (χ1) is 9.60. The Morgan fingerprint density at radius 1 is 1.40 bits per heavy atom. The molecule has 6 heteroatoms. The number of para-hydroxylation sites is 1. The Labute approximate surface area is 128 Å². The standard InChI is InChI=1S/C14H18N2O2S2/c1-20-11-5-3-2-4-10(11)16-13(17)14(12(15)19)6-8-18-9-7-14/h2-5H,6-9H2,1H3,(H2,15,19)(H,16,17). The molecule has 3 N–H and O–H groups in total. The van der Waals surface area contributed by atoms with Crippen LogP contribution in [0, 0.1) is 5.41 Å². The Kier molecular flexibility index (Phi) is 5.01. The Bertz CT molecular complexity index is 514. The fraction of sp³-hybridized carbons (Fsp3) is 0.429. The van der Waals surface area contributed by atoms with Crippen LogP contribution >= 0.6 is 24.0 Å². The van der Waals surface area contributed by atoms with Gasteiger partial charge < -0.3 is 15.8 Å². The predicted octanol–water partition coefficient (Wildman–Crippen LogP) is 2.43. The quantitative estimate of drug-likeness (QED) is 0.660. The van der Waals surface area contributed by atoms with Crippen LogP contribution in [0.2, 0.25) is 0 Å². The number of nitrogens with two attached hydrogens (primary N) is 1. The van der Waals surface area contributed by atoms with Gasteiger partial charge in [0.1, 0.15) is 5.41 Å². The summed E-state index contributed by atoms with van der Waals surface area (Å²) in [4.78, 5) is 13.9. The van der Waals surface area contributed by atoms with Crippen molar-refractivity contribution in [1.82, 2.24) is 0 Å². The third-order valence-corrected chi connectivity index (χ3v) is 4.79. The van der Waals surface area contributed by atoms with Crippen LogP contribution < -0.4 is 11.1 Å². The van der Waals surface area contributed by atoms with Crippen LogP contribution in [0.5, 0.6) is 0 Å². The predicted molar refractivity (Wildman–Crippen MR) is 86.1 cm³/mol. The number of anilines is 1. The van der Waals surface area contributed by atoms with Gasteiger partial charge in [0.05, 0.1) is 10.7 Å². The van der Waals surface area contributed by atoms with Crippen molar-refractivity contribution in [3.05, 3.63) is 24.3 Å². The monoisotopic (exact) mass is 310 g/mol. The van der Waals surface area contributed by atoms with E-state index in [9.17, 15) is 4.79 Å². The molecule has 1 aliphatic rings. The number of ether oxygens (including phenoxy) is 1. The van der Waals surface area contributed by atoms with Gasteiger partial charge in [0.15, 0.2) is 0 Å². The van der Waals surface area contributed by atoms with Crippen molar-refractivity contribution in [3.8, 4) is 0 Å². The van der Waals surface area contributed by atoms with Gasteiger partial charge in [0.2, 0.25) is 5.91 Å². The molecule has 0 bridgehead atoms. The van der Waals surface area contributed by atoms with E-state index in [-0.39, 0.29) is 10.9 Å². The molecule has 20 heavy (non-hydrogen) atoms. The molecule has 0 radical (unpaired) electrons. The average Bonchev–Trinajstić information content (AvgIpc) is 2.48. The molecule has 1 fully saturated rings. The fourth-order valence-electron chi connectivity index (χ4n) is 2.30. The van der Waals surface area contributed by atoms with Gasteiger partial charge in [-0.2, -0.15) is 0 Å². The average molecular weight is 310 g/mol. The van der Waals surface area contributed by atoms with Gasteiger partial charge in [-0.1, -0.05) is 24.4 Å². The van der Waals surface area contributed by atoms with Crippen molar-refractivity contribution in [3.63, 3.8) is 0 Å². The Morgan fingerprint density at radius 2 is 2.05 bits per heavy atom. The van der Waals surface area contributed by atoms with Gasteiger partial charge in [-0.25, -0.2) is 0 Å². The van der Waals surface area contributed by atoms with Crippen LogP contribution in [0.25, 0.3) is 0 Å². The summed E-state index contributed by atoms with van der Waals surface area (Å²) in [6.45, 7) is 1.02. The highest BCUT2D eigenvalue weighted by atomic mass is 32.2. The number of thiocarbonyl (C=S) groups is 1. The molecule has 108 valence electrons. The SMILES string of the molecule is CSc1ccccc1NC(=O)C1(C(N)=S)CCOCC1. The van der Waals surface area contributed by atoms with E-state index in [4.69, 9.17) is 22.7 Å². The van der Waals surface area contributed by atoms with Crippen molar-refractivity contribution in [2.45, 2.75) is 17.7 Å². The molecule has 0 aromatic heterocycles. The van der Waals surface area contributed by atoms with Crippen molar-refractivity contribution in [2.24, 2.45) is 11.1 Å². The Hall–Kier alpha value is -1.11. The van der Waals surface area contributed by atoms with Gasteiger partial charge in [-0.15, -0.1) is 11.8 Å². The first kappa shape index (κ1) is 15.3. The summed E-state index contributed by atoms with van der Waals surface area (Å²) < 4.78 is 5.32. The lowest BCUT2D eigenvalue weighted by molar-refractivity contribution is -0.126. The summed E-state index contributed by atoms with van der Waals surface area (Å²) in [5, 5.41) is 2.97. The van der Waals surface area contributed by atoms with E-state index in [2.05, 4.69) is 5.32 Å². The number of rotatable bonds is 4. The second-order valence-electron chi connectivity index (χ2n) is 4.71. The lowest BCUT2D eigenvalue weighted by Gasteiger charge is -2.34. The topological polar surface area (TPSA) is 64.4 Å². The number of nitrogens with one attached hydrogen (secondary N) is 1. The summed E-state index contributed by atoms with van der Waals surface area (Å²) >= 11 is 6.73. The van der Waals surface area contributed by atoms with E-state index in [0.29, 0.717) is 26.1 Å². The van der Waals surface area contributed by atoms with E-state index in [1.54, 1.807) is 11.8 Å². The molecule has 0 saturated carbocycles. The molecule has 1 heterocycles. The van der Waals surface area contributed by atoms with Gasteiger partial charge in [0, 0.05) is 18.1 Å². The van der Waals surface area contributed by atoms with Gasteiger partial charge in [0.25, 0.3) is 0 Å². The van der Waals surface area contributed by atoms with E-state index in [0.717, 1.165) is 10.6 Å². The summed E-state index contributed by atoms with van der Waals surface area (Å²) in [6.07, 6.45) is 3.05. The maximum atomic E-state index is 12.7. The molecule has 0 aliphatic carbocycles. The highest BCUT2D eigenvalue weighted by Gasteiger charge is 2.43. The zero-order valence-corrected chi connectivity index (χ0v) is 13.0. The minimum absolute atomic E-state index is 0.130. The number of hydrogen-bond donors (Lipinski definition) is 2. The number of carbonyl (C=O) groups excluding carboxylic acids is 1. The van der Waals surface area contributed by atoms with Crippen LogP contribution in [-0.2, 0) is 9.53 Å². The normalized spacial score (nSPS) is 17.4. The van der Waals surface area contributed by atoms with Crippen molar-refractivity contribution in [2.75, 3.05) is 24.8 Å². The Balaban J connectivity index is 2.23. The third kappa shape index (κ3) is 2.97. The molecule has 1 aromatic rings. The fourth-order valence-corrected chi connectivity index (χ4v) is 3.15. The number of amides is 1.